The van der Waals surface area contributed by atoms with Crippen molar-refractivity contribution in [1.82, 2.24) is 5.32 Å². The van der Waals surface area contributed by atoms with Crippen molar-refractivity contribution in [2.45, 2.75) is 65.1 Å². The van der Waals surface area contributed by atoms with Gasteiger partial charge in [-0.2, -0.15) is 0 Å². The molecule has 17 heavy (non-hydrogen) atoms. The van der Waals surface area contributed by atoms with Crippen molar-refractivity contribution in [2.24, 2.45) is 5.41 Å². The van der Waals surface area contributed by atoms with Crippen LogP contribution in [0, 0.1) is 5.41 Å². The summed E-state index contributed by atoms with van der Waals surface area (Å²) >= 11 is 0. The number of rotatable bonds is 8. The molecule has 0 amide bonds. The first-order valence-electron chi connectivity index (χ1n) is 6.92. The summed E-state index contributed by atoms with van der Waals surface area (Å²) in [5, 5.41) is 3.73. The zero-order valence-electron chi connectivity index (χ0n) is 12.1. The van der Waals surface area contributed by atoms with Gasteiger partial charge >= 0.3 is 0 Å². The van der Waals surface area contributed by atoms with Gasteiger partial charge < -0.3 is 14.8 Å². The lowest BCUT2D eigenvalue weighted by Gasteiger charge is -2.53. The largest absolute Gasteiger partial charge is 0.383 e. The molecule has 0 aliphatic heterocycles. The smallest absolute Gasteiger partial charge is 0.0655 e. The molecule has 1 N–H and O–H groups in total. The Morgan fingerprint density at radius 1 is 1.35 bits per heavy atom. The van der Waals surface area contributed by atoms with Crippen molar-refractivity contribution in [1.29, 1.82) is 0 Å². The molecule has 1 aliphatic rings. The number of hydrogen-bond acceptors (Lipinski definition) is 3. The Kier molecular flexibility index (Phi) is 5.90. The average Bonchev–Trinajstić information content (AvgIpc) is 2.28. The quantitative estimate of drug-likeness (QED) is 0.711. The van der Waals surface area contributed by atoms with Gasteiger partial charge in [-0.05, 0) is 19.8 Å². The van der Waals surface area contributed by atoms with E-state index in [1.165, 1.54) is 12.8 Å². The van der Waals surface area contributed by atoms with E-state index in [0.717, 1.165) is 19.6 Å². The van der Waals surface area contributed by atoms with E-state index in [2.05, 4.69) is 33.0 Å². The molecule has 1 fully saturated rings. The molecule has 3 unspecified atom stereocenters. The van der Waals surface area contributed by atoms with Crippen molar-refractivity contribution < 1.29 is 9.47 Å². The first kappa shape index (κ1) is 14.9. The van der Waals surface area contributed by atoms with Gasteiger partial charge in [0.25, 0.3) is 0 Å². The zero-order chi connectivity index (χ0) is 12.9. The normalized spacial score (nSPS) is 28.8. The van der Waals surface area contributed by atoms with Gasteiger partial charge in [-0.25, -0.2) is 0 Å². The lowest BCUT2D eigenvalue weighted by atomic mass is 9.64. The summed E-state index contributed by atoms with van der Waals surface area (Å²) < 4.78 is 11.0. The summed E-state index contributed by atoms with van der Waals surface area (Å²) in [4.78, 5) is 0. The van der Waals surface area contributed by atoms with Gasteiger partial charge in [-0.1, -0.05) is 27.2 Å². The third kappa shape index (κ3) is 3.67. The molecule has 1 saturated carbocycles. The molecule has 1 aliphatic carbocycles. The van der Waals surface area contributed by atoms with Gasteiger partial charge in [0.1, 0.15) is 0 Å². The summed E-state index contributed by atoms with van der Waals surface area (Å²) in [5.41, 5.74) is 0.246. The Labute approximate surface area is 106 Å². The van der Waals surface area contributed by atoms with Gasteiger partial charge in [0.05, 0.1) is 12.7 Å². The van der Waals surface area contributed by atoms with Crippen molar-refractivity contribution in [2.75, 3.05) is 20.3 Å². The van der Waals surface area contributed by atoms with Crippen molar-refractivity contribution in [3.63, 3.8) is 0 Å². The monoisotopic (exact) mass is 243 g/mol. The molecule has 0 heterocycles. The lowest BCUT2D eigenvalue weighted by Crippen LogP contribution is -2.63. The SMILES string of the molecule is CCCC(COC)NC1CC(OCC)C1(C)C. The highest BCUT2D eigenvalue weighted by Crippen LogP contribution is 2.43. The van der Waals surface area contributed by atoms with Crippen LogP contribution in [0.1, 0.15) is 47.0 Å². The van der Waals surface area contributed by atoms with E-state index in [4.69, 9.17) is 9.47 Å². The van der Waals surface area contributed by atoms with Gasteiger partial charge in [0, 0.05) is 31.2 Å². The maximum atomic E-state index is 5.75. The van der Waals surface area contributed by atoms with E-state index >= 15 is 0 Å². The lowest BCUT2D eigenvalue weighted by molar-refractivity contribution is -0.118. The summed E-state index contributed by atoms with van der Waals surface area (Å²) in [5.74, 6) is 0. The molecule has 0 spiro atoms. The van der Waals surface area contributed by atoms with Gasteiger partial charge in [-0.3, -0.25) is 0 Å². The van der Waals surface area contributed by atoms with Gasteiger partial charge in [0.2, 0.25) is 0 Å². The molecule has 0 radical (unpaired) electrons. The van der Waals surface area contributed by atoms with E-state index in [-0.39, 0.29) is 5.41 Å². The first-order valence-corrected chi connectivity index (χ1v) is 6.92. The summed E-state index contributed by atoms with van der Waals surface area (Å²) in [6, 6.07) is 1.04. The molecule has 0 bridgehead atoms. The second-order valence-electron chi connectivity index (χ2n) is 5.66. The molecule has 0 aromatic rings. The first-order chi connectivity index (χ1) is 8.06. The fraction of sp³-hybridized carbons (Fsp3) is 1.00. The highest BCUT2D eigenvalue weighted by Gasteiger charge is 2.49. The van der Waals surface area contributed by atoms with Crippen LogP contribution >= 0.6 is 0 Å². The average molecular weight is 243 g/mol. The Morgan fingerprint density at radius 3 is 2.53 bits per heavy atom. The maximum absolute atomic E-state index is 5.75. The summed E-state index contributed by atoms with van der Waals surface area (Å²) in [6.45, 7) is 10.5. The van der Waals surface area contributed by atoms with Crippen LogP contribution in [0.25, 0.3) is 0 Å². The minimum atomic E-state index is 0.246. The van der Waals surface area contributed by atoms with Crippen LogP contribution < -0.4 is 5.32 Å². The fourth-order valence-electron chi connectivity index (χ4n) is 2.70. The maximum Gasteiger partial charge on any atom is 0.0655 e. The fourth-order valence-corrected chi connectivity index (χ4v) is 2.70. The minimum absolute atomic E-state index is 0.246. The van der Waals surface area contributed by atoms with E-state index in [1.807, 2.05) is 0 Å². The van der Waals surface area contributed by atoms with Gasteiger partial charge in [0.15, 0.2) is 0 Å². The molecule has 102 valence electrons. The Balaban J connectivity index is 2.41. The summed E-state index contributed by atoms with van der Waals surface area (Å²) in [6.07, 6.45) is 3.92. The molecule has 0 saturated heterocycles. The van der Waals surface area contributed by atoms with Crippen LogP contribution in [0.3, 0.4) is 0 Å². The van der Waals surface area contributed by atoms with Crippen LogP contribution in [-0.4, -0.2) is 38.5 Å². The molecular formula is C14H29NO2. The molecule has 0 aromatic carbocycles. The molecular weight excluding hydrogens is 214 g/mol. The third-order valence-corrected chi connectivity index (χ3v) is 3.99. The molecule has 0 aromatic heterocycles. The molecule has 3 nitrogen and oxygen atoms in total. The number of methoxy groups -OCH3 is 1. The van der Waals surface area contributed by atoms with E-state index in [9.17, 15) is 0 Å². The second kappa shape index (κ2) is 6.72. The van der Waals surface area contributed by atoms with Crippen LogP contribution in [0.4, 0.5) is 0 Å². The number of hydrogen-bond donors (Lipinski definition) is 1. The van der Waals surface area contributed by atoms with E-state index in [1.54, 1.807) is 7.11 Å². The van der Waals surface area contributed by atoms with Crippen molar-refractivity contribution in [3.8, 4) is 0 Å². The number of nitrogens with one attached hydrogen (secondary N) is 1. The minimum Gasteiger partial charge on any atom is -0.383 e. The molecule has 3 atom stereocenters. The van der Waals surface area contributed by atoms with E-state index < -0.39 is 0 Å². The van der Waals surface area contributed by atoms with Crippen molar-refractivity contribution in [3.05, 3.63) is 0 Å². The highest BCUT2D eigenvalue weighted by atomic mass is 16.5. The summed E-state index contributed by atoms with van der Waals surface area (Å²) in [7, 11) is 1.78. The van der Waals surface area contributed by atoms with Gasteiger partial charge in [-0.15, -0.1) is 0 Å². The predicted molar refractivity (Wildman–Crippen MR) is 71.3 cm³/mol. The standard InChI is InChI=1S/C14H29NO2/c1-6-8-11(10-16-5)15-12-9-13(17-7-2)14(12,3)4/h11-13,15H,6-10H2,1-5H3. The highest BCUT2D eigenvalue weighted by molar-refractivity contribution is 5.03. The third-order valence-electron chi connectivity index (χ3n) is 3.99. The van der Waals surface area contributed by atoms with Crippen LogP contribution in [0.5, 0.6) is 0 Å². The Morgan fingerprint density at radius 2 is 2.06 bits per heavy atom. The van der Waals surface area contributed by atoms with Crippen LogP contribution in [0.2, 0.25) is 0 Å². The van der Waals surface area contributed by atoms with Crippen LogP contribution in [-0.2, 0) is 9.47 Å². The zero-order valence-corrected chi connectivity index (χ0v) is 12.1. The van der Waals surface area contributed by atoms with Crippen molar-refractivity contribution >= 4 is 0 Å². The van der Waals surface area contributed by atoms with Crippen LogP contribution in [0.15, 0.2) is 0 Å². The molecule has 3 heteroatoms. The van der Waals surface area contributed by atoms with E-state index in [0.29, 0.717) is 18.2 Å². The second-order valence-corrected chi connectivity index (χ2v) is 5.66. The Bertz CT molecular complexity index is 212. The predicted octanol–water partition coefficient (Wildman–Crippen LogP) is 2.59. The molecule has 1 rings (SSSR count). The Hall–Kier alpha value is -0.120. The number of ether oxygens (including phenoxy) is 2. The topological polar surface area (TPSA) is 30.5 Å².